The predicted molar refractivity (Wildman–Crippen MR) is 129 cm³/mol. The zero-order chi connectivity index (χ0) is 20.3. The van der Waals surface area contributed by atoms with Crippen molar-refractivity contribution < 1.29 is 0 Å². The van der Waals surface area contributed by atoms with Gasteiger partial charge in [-0.2, -0.15) is 5.10 Å². The minimum absolute atomic E-state index is 0.516. The van der Waals surface area contributed by atoms with E-state index in [2.05, 4.69) is 76.4 Å². The van der Waals surface area contributed by atoms with Crippen molar-refractivity contribution in [1.82, 2.24) is 9.78 Å². The van der Waals surface area contributed by atoms with Crippen molar-refractivity contribution in [3.05, 3.63) is 103 Å². The van der Waals surface area contributed by atoms with Gasteiger partial charge in [-0.15, -0.1) is 0 Å². The number of hydrogen-bond acceptors (Lipinski definition) is 2. The summed E-state index contributed by atoms with van der Waals surface area (Å²) in [6, 6.07) is 31.1. The van der Waals surface area contributed by atoms with Gasteiger partial charge in [-0.3, -0.25) is 4.68 Å². The van der Waals surface area contributed by atoms with Gasteiger partial charge in [0.2, 0.25) is 0 Å². The fourth-order valence-corrected chi connectivity index (χ4v) is 3.94. The van der Waals surface area contributed by atoms with E-state index in [-0.39, 0.29) is 0 Å². The molecule has 2 N–H and O–H groups in total. The third kappa shape index (κ3) is 3.75. The standard InChI is InChI=1S/C25H20N4S/c30-25(26-23-14-6-10-19-8-2-4-13-22(19)23)27-24-15-16-29(28-24)17-20-11-5-9-18-7-1-3-12-21(18)20/h1-16H,17H2,(H2,26,27,28,30). The molecule has 5 rings (SSSR count). The molecule has 1 heterocycles. The summed E-state index contributed by atoms with van der Waals surface area (Å²) in [5, 5.41) is 16.4. The second-order valence-electron chi connectivity index (χ2n) is 7.14. The van der Waals surface area contributed by atoms with Crippen LogP contribution in [0.1, 0.15) is 5.56 Å². The van der Waals surface area contributed by atoms with Crippen LogP contribution in [0.2, 0.25) is 0 Å². The molecular formula is C25H20N4S. The van der Waals surface area contributed by atoms with Crippen molar-refractivity contribution >= 4 is 50.4 Å². The third-order valence-corrected chi connectivity index (χ3v) is 5.34. The van der Waals surface area contributed by atoms with Crippen LogP contribution in [-0.2, 0) is 6.54 Å². The van der Waals surface area contributed by atoms with Crippen LogP contribution in [0.25, 0.3) is 21.5 Å². The molecule has 0 unspecified atom stereocenters. The Balaban J connectivity index is 1.30. The normalized spacial score (nSPS) is 10.9. The quantitative estimate of drug-likeness (QED) is 0.355. The highest BCUT2D eigenvalue weighted by Gasteiger charge is 2.07. The summed E-state index contributed by atoms with van der Waals surface area (Å²) in [6.07, 6.45) is 1.96. The molecule has 0 fully saturated rings. The minimum Gasteiger partial charge on any atom is -0.332 e. The van der Waals surface area contributed by atoms with Gasteiger partial charge in [-0.1, -0.05) is 78.9 Å². The summed E-state index contributed by atoms with van der Waals surface area (Å²) in [7, 11) is 0. The molecule has 0 aliphatic rings. The van der Waals surface area contributed by atoms with E-state index >= 15 is 0 Å². The first kappa shape index (κ1) is 18.3. The maximum atomic E-state index is 5.51. The van der Waals surface area contributed by atoms with E-state index in [0.29, 0.717) is 17.5 Å². The molecular weight excluding hydrogens is 388 g/mol. The Morgan fingerprint density at radius 2 is 1.40 bits per heavy atom. The molecule has 5 aromatic rings. The van der Waals surface area contributed by atoms with Gasteiger partial charge in [-0.25, -0.2) is 0 Å². The molecule has 0 atom stereocenters. The smallest absolute Gasteiger partial charge is 0.176 e. The van der Waals surface area contributed by atoms with E-state index in [1.165, 1.54) is 21.7 Å². The van der Waals surface area contributed by atoms with Crippen molar-refractivity contribution in [2.24, 2.45) is 0 Å². The molecule has 146 valence electrons. The van der Waals surface area contributed by atoms with Crippen LogP contribution in [0, 0.1) is 0 Å². The van der Waals surface area contributed by atoms with E-state index < -0.39 is 0 Å². The van der Waals surface area contributed by atoms with Gasteiger partial charge >= 0.3 is 0 Å². The Labute approximate surface area is 180 Å². The second kappa shape index (κ2) is 7.97. The number of hydrogen-bond donors (Lipinski definition) is 2. The van der Waals surface area contributed by atoms with Crippen molar-refractivity contribution in [1.29, 1.82) is 0 Å². The number of rotatable bonds is 4. The van der Waals surface area contributed by atoms with Gasteiger partial charge in [-0.05, 0) is 40.0 Å². The average Bonchev–Trinajstić information content (AvgIpc) is 3.21. The Morgan fingerprint density at radius 1 is 0.733 bits per heavy atom. The first-order chi connectivity index (χ1) is 14.8. The predicted octanol–water partition coefficient (Wildman–Crippen LogP) is 6.05. The molecule has 4 nitrogen and oxygen atoms in total. The van der Waals surface area contributed by atoms with E-state index in [0.717, 1.165) is 11.1 Å². The van der Waals surface area contributed by atoms with E-state index in [9.17, 15) is 0 Å². The molecule has 5 heteroatoms. The maximum Gasteiger partial charge on any atom is 0.176 e. The lowest BCUT2D eigenvalue weighted by atomic mass is 10.0. The molecule has 0 amide bonds. The zero-order valence-electron chi connectivity index (χ0n) is 16.2. The van der Waals surface area contributed by atoms with E-state index in [4.69, 9.17) is 12.2 Å². The fourth-order valence-electron chi connectivity index (χ4n) is 3.73. The topological polar surface area (TPSA) is 41.9 Å². The van der Waals surface area contributed by atoms with Crippen LogP contribution in [-0.4, -0.2) is 14.9 Å². The summed E-state index contributed by atoms with van der Waals surface area (Å²) in [5.74, 6) is 0.716. The maximum absolute atomic E-state index is 5.51. The highest BCUT2D eigenvalue weighted by atomic mass is 32.1. The molecule has 0 spiro atoms. The molecule has 0 bridgehead atoms. The van der Waals surface area contributed by atoms with Gasteiger partial charge in [0, 0.05) is 23.3 Å². The molecule has 0 saturated heterocycles. The van der Waals surface area contributed by atoms with Crippen LogP contribution < -0.4 is 10.6 Å². The monoisotopic (exact) mass is 408 g/mol. The molecule has 0 aliphatic carbocycles. The van der Waals surface area contributed by atoms with E-state index in [1.807, 2.05) is 41.2 Å². The minimum atomic E-state index is 0.516. The number of anilines is 2. The molecule has 0 saturated carbocycles. The van der Waals surface area contributed by atoms with Crippen LogP contribution in [0.3, 0.4) is 0 Å². The number of aromatic nitrogens is 2. The van der Waals surface area contributed by atoms with E-state index in [1.54, 1.807) is 0 Å². The molecule has 0 radical (unpaired) electrons. The highest BCUT2D eigenvalue weighted by molar-refractivity contribution is 7.80. The molecule has 1 aromatic heterocycles. The first-order valence-corrected chi connectivity index (χ1v) is 10.2. The summed E-state index contributed by atoms with van der Waals surface area (Å²) < 4.78 is 1.92. The average molecular weight is 409 g/mol. The van der Waals surface area contributed by atoms with Gasteiger partial charge in [0.05, 0.1) is 6.54 Å². The van der Waals surface area contributed by atoms with Gasteiger partial charge in [0.15, 0.2) is 10.9 Å². The van der Waals surface area contributed by atoms with Crippen molar-refractivity contribution in [2.75, 3.05) is 10.6 Å². The largest absolute Gasteiger partial charge is 0.332 e. The Morgan fingerprint density at radius 3 is 2.23 bits per heavy atom. The van der Waals surface area contributed by atoms with Crippen LogP contribution in [0.4, 0.5) is 11.5 Å². The summed E-state index contributed by atoms with van der Waals surface area (Å²) in [6.45, 7) is 0.701. The number of fused-ring (bicyclic) bond motifs is 2. The third-order valence-electron chi connectivity index (χ3n) is 5.13. The van der Waals surface area contributed by atoms with Crippen LogP contribution >= 0.6 is 12.2 Å². The summed E-state index contributed by atoms with van der Waals surface area (Å²) in [5.41, 5.74) is 2.21. The zero-order valence-corrected chi connectivity index (χ0v) is 17.1. The SMILES string of the molecule is S=C(Nc1ccn(Cc2cccc3ccccc23)n1)Nc1cccc2ccccc12. The highest BCUT2D eigenvalue weighted by Crippen LogP contribution is 2.23. The van der Waals surface area contributed by atoms with Crippen LogP contribution in [0.5, 0.6) is 0 Å². The lowest BCUT2D eigenvalue weighted by molar-refractivity contribution is 0.693. The molecule has 4 aromatic carbocycles. The fraction of sp³-hybridized carbons (Fsp3) is 0.0400. The number of nitrogens with one attached hydrogen (secondary N) is 2. The number of benzene rings is 4. The van der Waals surface area contributed by atoms with Gasteiger partial charge in [0.1, 0.15) is 0 Å². The van der Waals surface area contributed by atoms with Crippen molar-refractivity contribution in [3.8, 4) is 0 Å². The Kier molecular flexibility index (Phi) is 4.87. The first-order valence-electron chi connectivity index (χ1n) is 9.82. The summed E-state index contributed by atoms with van der Waals surface area (Å²) in [4.78, 5) is 0. The number of nitrogens with zero attached hydrogens (tertiary/aromatic N) is 2. The Hall–Kier alpha value is -3.70. The van der Waals surface area contributed by atoms with Gasteiger partial charge < -0.3 is 10.6 Å². The number of thiocarbonyl (C=S) groups is 1. The van der Waals surface area contributed by atoms with Crippen LogP contribution in [0.15, 0.2) is 97.2 Å². The molecule has 0 aliphatic heterocycles. The van der Waals surface area contributed by atoms with Gasteiger partial charge in [0.25, 0.3) is 0 Å². The molecule has 30 heavy (non-hydrogen) atoms. The Bertz CT molecular complexity index is 1350. The lowest BCUT2D eigenvalue weighted by Crippen LogP contribution is -2.19. The second-order valence-corrected chi connectivity index (χ2v) is 7.55. The summed E-state index contributed by atoms with van der Waals surface area (Å²) >= 11 is 5.51. The van der Waals surface area contributed by atoms with Crippen molar-refractivity contribution in [3.63, 3.8) is 0 Å². The van der Waals surface area contributed by atoms with Crippen molar-refractivity contribution in [2.45, 2.75) is 6.54 Å². The lowest BCUT2D eigenvalue weighted by Gasteiger charge is -2.11.